The second-order valence-electron chi connectivity index (χ2n) is 4.60. The van der Waals surface area contributed by atoms with E-state index in [2.05, 4.69) is 31.1 Å². The monoisotopic (exact) mass is 355 g/mol. The molecule has 22 heavy (non-hydrogen) atoms. The Bertz CT molecular complexity index is 778. The molecule has 0 amide bonds. The number of benzene rings is 2. The summed E-state index contributed by atoms with van der Waals surface area (Å²) in [6, 6.07) is 17.6. The number of rotatable bonds is 4. The van der Waals surface area contributed by atoms with Crippen LogP contribution in [-0.4, -0.2) is 21.8 Å². The lowest BCUT2D eigenvalue weighted by atomic mass is 10.1. The number of hydrogen-bond acceptors (Lipinski definition) is 4. The maximum atomic E-state index is 5.66. The minimum Gasteiger partial charge on any atom is -0.476 e. The molecule has 110 valence electrons. The predicted molar refractivity (Wildman–Crippen MR) is 89.6 cm³/mol. The molecule has 0 radical (unpaired) electrons. The van der Waals surface area contributed by atoms with Crippen LogP contribution in [0.15, 0.2) is 59.1 Å². The standard InChI is InChI=1S/C17H14BrN3O/c1-2-22-17-15(12-7-4-3-5-8-12)20-21-16(19-17)13-9-6-10-14(18)11-13/h3-11H,2H2,1H3. The molecular formula is C17H14BrN3O. The van der Waals surface area contributed by atoms with E-state index >= 15 is 0 Å². The van der Waals surface area contributed by atoms with Crippen molar-refractivity contribution < 1.29 is 4.74 Å². The van der Waals surface area contributed by atoms with Gasteiger partial charge in [-0.1, -0.05) is 58.4 Å². The highest BCUT2D eigenvalue weighted by molar-refractivity contribution is 9.10. The van der Waals surface area contributed by atoms with Crippen molar-refractivity contribution in [2.75, 3.05) is 6.61 Å². The molecule has 3 rings (SSSR count). The number of aromatic nitrogens is 3. The van der Waals surface area contributed by atoms with Gasteiger partial charge >= 0.3 is 0 Å². The summed E-state index contributed by atoms with van der Waals surface area (Å²) in [4.78, 5) is 4.53. The summed E-state index contributed by atoms with van der Waals surface area (Å²) >= 11 is 3.45. The maximum Gasteiger partial charge on any atom is 0.244 e. The van der Waals surface area contributed by atoms with Crippen LogP contribution in [0.2, 0.25) is 0 Å². The van der Waals surface area contributed by atoms with Gasteiger partial charge in [-0.2, -0.15) is 4.98 Å². The van der Waals surface area contributed by atoms with E-state index in [1.54, 1.807) is 0 Å². The van der Waals surface area contributed by atoms with Crippen LogP contribution in [0, 0.1) is 0 Å². The van der Waals surface area contributed by atoms with Crippen molar-refractivity contribution in [2.45, 2.75) is 6.92 Å². The van der Waals surface area contributed by atoms with Crippen LogP contribution < -0.4 is 4.74 Å². The summed E-state index contributed by atoms with van der Waals surface area (Å²) in [5.41, 5.74) is 2.48. The van der Waals surface area contributed by atoms with Crippen molar-refractivity contribution in [3.63, 3.8) is 0 Å². The Morgan fingerprint density at radius 1 is 0.955 bits per heavy atom. The first-order valence-electron chi connectivity index (χ1n) is 6.97. The minimum absolute atomic E-state index is 0.499. The number of nitrogens with zero attached hydrogens (tertiary/aromatic N) is 3. The zero-order chi connectivity index (χ0) is 15.4. The highest BCUT2D eigenvalue weighted by Gasteiger charge is 2.13. The van der Waals surface area contributed by atoms with Crippen LogP contribution in [0.3, 0.4) is 0 Å². The Morgan fingerprint density at radius 3 is 2.45 bits per heavy atom. The first-order valence-corrected chi connectivity index (χ1v) is 7.76. The van der Waals surface area contributed by atoms with Gasteiger partial charge in [-0.15, -0.1) is 10.2 Å². The van der Waals surface area contributed by atoms with E-state index < -0.39 is 0 Å². The van der Waals surface area contributed by atoms with Gasteiger partial charge in [0.25, 0.3) is 0 Å². The van der Waals surface area contributed by atoms with Crippen molar-refractivity contribution in [3.05, 3.63) is 59.1 Å². The molecule has 0 saturated heterocycles. The Hall–Kier alpha value is -2.27. The third-order valence-corrected chi connectivity index (χ3v) is 3.56. The Balaban J connectivity index is 2.07. The zero-order valence-corrected chi connectivity index (χ0v) is 13.6. The molecule has 4 nitrogen and oxygen atoms in total. The van der Waals surface area contributed by atoms with Crippen molar-refractivity contribution in [1.82, 2.24) is 15.2 Å². The molecule has 0 fully saturated rings. The molecule has 0 bridgehead atoms. The van der Waals surface area contributed by atoms with Crippen molar-refractivity contribution >= 4 is 15.9 Å². The lowest BCUT2D eigenvalue weighted by Crippen LogP contribution is -2.03. The van der Waals surface area contributed by atoms with Gasteiger partial charge in [0.05, 0.1) is 6.61 Å². The molecule has 3 aromatic rings. The highest BCUT2D eigenvalue weighted by Crippen LogP contribution is 2.28. The summed E-state index contributed by atoms with van der Waals surface area (Å²) in [5.74, 6) is 1.04. The summed E-state index contributed by atoms with van der Waals surface area (Å²) < 4.78 is 6.63. The lowest BCUT2D eigenvalue weighted by Gasteiger charge is -2.09. The summed E-state index contributed by atoms with van der Waals surface area (Å²) in [7, 11) is 0. The molecular weight excluding hydrogens is 342 g/mol. The normalized spacial score (nSPS) is 10.5. The molecule has 1 heterocycles. The summed E-state index contributed by atoms with van der Waals surface area (Å²) in [6.45, 7) is 2.45. The predicted octanol–water partition coefficient (Wildman–Crippen LogP) is 4.37. The van der Waals surface area contributed by atoms with E-state index in [0.29, 0.717) is 24.0 Å². The number of ether oxygens (including phenoxy) is 1. The highest BCUT2D eigenvalue weighted by atomic mass is 79.9. The van der Waals surface area contributed by atoms with Crippen LogP contribution in [0.4, 0.5) is 0 Å². The lowest BCUT2D eigenvalue weighted by molar-refractivity contribution is 0.326. The van der Waals surface area contributed by atoms with Gasteiger partial charge in [0.15, 0.2) is 11.5 Å². The van der Waals surface area contributed by atoms with E-state index in [9.17, 15) is 0 Å². The molecule has 0 N–H and O–H groups in total. The summed E-state index contributed by atoms with van der Waals surface area (Å²) in [5, 5.41) is 8.57. The second-order valence-corrected chi connectivity index (χ2v) is 5.51. The van der Waals surface area contributed by atoms with Gasteiger partial charge in [0.1, 0.15) is 0 Å². The van der Waals surface area contributed by atoms with Crippen LogP contribution in [0.25, 0.3) is 22.6 Å². The molecule has 0 unspecified atom stereocenters. The van der Waals surface area contributed by atoms with Crippen molar-refractivity contribution in [3.8, 4) is 28.5 Å². The van der Waals surface area contributed by atoms with E-state index in [0.717, 1.165) is 15.6 Å². The van der Waals surface area contributed by atoms with E-state index in [1.165, 1.54) is 0 Å². The van der Waals surface area contributed by atoms with Gasteiger partial charge in [-0.25, -0.2) is 0 Å². The number of hydrogen-bond donors (Lipinski definition) is 0. The molecule has 1 aromatic heterocycles. The zero-order valence-electron chi connectivity index (χ0n) is 12.0. The molecule has 0 aliphatic heterocycles. The largest absolute Gasteiger partial charge is 0.476 e. The Kier molecular flexibility index (Phi) is 4.44. The van der Waals surface area contributed by atoms with Crippen molar-refractivity contribution in [1.29, 1.82) is 0 Å². The fraction of sp³-hybridized carbons (Fsp3) is 0.118. The molecule has 0 saturated carbocycles. The van der Waals surface area contributed by atoms with Gasteiger partial charge < -0.3 is 4.74 Å². The van der Waals surface area contributed by atoms with Gasteiger partial charge in [0.2, 0.25) is 5.88 Å². The SMILES string of the molecule is CCOc1nc(-c2cccc(Br)c2)nnc1-c1ccccc1. The molecule has 5 heteroatoms. The van der Waals surface area contributed by atoms with E-state index in [1.807, 2.05) is 61.5 Å². The Morgan fingerprint density at radius 2 is 1.73 bits per heavy atom. The third-order valence-electron chi connectivity index (χ3n) is 3.07. The molecule has 0 spiro atoms. The molecule has 2 aromatic carbocycles. The van der Waals surface area contributed by atoms with E-state index in [-0.39, 0.29) is 0 Å². The van der Waals surface area contributed by atoms with Crippen LogP contribution >= 0.6 is 15.9 Å². The fourth-order valence-electron chi connectivity index (χ4n) is 2.08. The quantitative estimate of drug-likeness (QED) is 0.697. The number of halogens is 1. The Labute approximate surface area is 137 Å². The van der Waals surface area contributed by atoms with Gasteiger partial charge in [-0.05, 0) is 19.1 Å². The van der Waals surface area contributed by atoms with E-state index in [4.69, 9.17) is 4.74 Å². The average molecular weight is 356 g/mol. The van der Waals surface area contributed by atoms with Gasteiger partial charge in [0, 0.05) is 15.6 Å². The molecule has 0 atom stereocenters. The molecule has 0 aliphatic rings. The average Bonchev–Trinajstić information content (AvgIpc) is 2.56. The maximum absolute atomic E-state index is 5.66. The van der Waals surface area contributed by atoms with Crippen LogP contribution in [-0.2, 0) is 0 Å². The third kappa shape index (κ3) is 3.14. The first-order chi connectivity index (χ1) is 10.8. The molecule has 0 aliphatic carbocycles. The van der Waals surface area contributed by atoms with Crippen LogP contribution in [0.1, 0.15) is 6.92 Å². The van der Waals surface area contributed by atoms with Gasteiger partial charge in [-0.3, -0.25) is 0 Å². The first kappa shape index (κ1) is 14.7. The fourth-order valence-corrected chi connectivity index (χ4v) is 2.48. The summed E-state index contributed by atoms with van der Waals surface area (Å²) in [6.07, 6.45) is 0. The topological polar surface area (TPSA) is 47.9 Å². The minimum atomic E-state index is 0.499. The smallest absolute Gasteiger partial charge is 0.244 e. The second kappa shape index (κ2) is 6.66. The van der Waals surface area contributed by atoms with Crippen molar-refractivity contribution in [2.24, 2.45) is 0 Å². The van der Waals surface area contributed by atoms with Crippen LogP contribution in [0.5, 0.6) is 5.88 Å².